The van der Waals surface area contributed by atoms with Crippen molar-refractivity contribution in [1.29, 1.82) is 0 Å². The summed E-state index contributed by atoms with van der Waals surface area (Å²) < 4.78 is 1.62. The molecule has 0 amide bonds. The van der Waals surface area contributed by atoms with Gasteiger partial charge in [-0.05, 0) is 25.1 Å². The van der Waals surface area contributed by atoms with Crippen LogP contribution < -0.4 is 11.5 Å². The van der Waals surface area contributed by atoms with Crippen LogP contribution >= 0.6 is 0 Å². The summed E-state index contributed by atoms with van der Waals surface area (Å²) in [6.07, 6.45) is 1.76. The Hall–Kier alpha value is -3.41. The molecule has 4 N–H and O–H groups in total. The number of fused-ring (bicyclic) bond motifs is 1. The number of nitrogens with two attached hydrogens (primary N) is 2. The van der Waals surface area contributed by atoms with E-state index in [9.17, 15) is 4.79 Å². The van der Waals surface area contributed by atoms with Gasteiger partial charge in [0, 0.05) is 22.7 Å². The molecule has 0 bridgehead atoms. The maximum absolute atomic E-state index is 12.8. The van der Waals surface area contributed by atoms with E-state index >= 15 is 0 Å². The first-order chi connectivity index (χ1) is 11.6. The van der Waals surface area contributed by atoms with E-state index in [0.29, 0.717) is 11.3 Å². The molecule has 0 radical (unpaired) electrons. The van der Waals surface area contributed by atoms with E-state index in [1.165, 1.54) is 0 Å². The highest BCUT2D eigenvalue weighted by Crippen LogP contribution is 2.23. The minimum atomic E-state index is -0.113. The van der Waals surface area contributed by atoms with Crippen LogP contribution in [0.1, 0.15) is 22.8 Å². The van der Waals surface area contributed by atoms with Crippen LogP contribution in [0.2, 0.25) is 0 Å². The molecule has 0 aliphatic rings. The summed E-state index contributed by atoms with van der Waals surface area (Å²) in [5.74, 6) is -0.217. The monoisotopic (exact) mass is 319 g/mol. The van der Waals surface area contributed by atoms with Gasteiger partial charge in [0.05, 0.1) is 11.2 Å². The molecule has 0 aliphatic carbocycles. The zero-order chi connectivity index (χ0) is 17.1. The van der Waals surface area contributed by atoms with Gasteiger partial charge in [-0.15, -0.1) is 5.10 Å². The first-order valence-electron chi connectivity index (χ1n) is 7.41. The van der Waals surface area contributed by atoms with Crippen molar-refractivity contribution in [3.05, 3.63) is 71.9 Å². The van der Waals surface area contributed by atoms with E-state index in [4.69, 9.17) is 11.5 Å². The molecule has 3 aromatic rings. The Bertz CT molecular complexity index is 950. The molecule has 0 saturated carbocycles. The van der Waals surface area contributed by atoms with E-state index in [-0.39, 0.29) is 11.9 Å². The Morgan fingerprint density at radius 3 is 2.33 bits per heavy atom. The molecule has 0 atom stereocenters. The fourth-order valence-electron chi connectivity index (χ4n) is 2.54. The predicted molar refractivity (Wildman–Crippen MR) is 96.1 cm³/mol. The van der Waals surface area contributed by atoms with Gasteiger partial charge in [0.25, 0.3) is 5.91 Å². The Morgan fingerprint density at radius 1 is 0.958 bits per heavy atom. The molecule has 0 unspecified atom stereocenters. The standard InChI is InChI=1S/C18H17N5O/c1-12(21-22-18(19)20)15-11-23(16-10-6-5-9-14(15)16)17(24)13-7-3-2-4-8-13/h2-11H,1H3,(H4,19,20,22)/b21-12-. The quantitative estimate of drug-likeness (QED) is 0.440. The SMILES string of the molecule is C/C(=N/N=C(N)N)c1cn(C(=O)c2ccccc2)c2ccccc12. The highest BCUT2D eigenvalue weighted by atomic mass is 16.2. The molecule has 0 spiro atoms. The molecule has 0 fully saturated rings. The van der Waals surface area contributed by atoms with E-state index < -0.39 is 0 Å². The second-order valence-electron chi connectivity index (χ2n) is 5.31. The van der Waals surface area contributed by atoms with Gasteiger partial charge in [-0.1, -0.05) is 36.4 Å². The first kappa shape index (κ1) is 15.5. The summed E-state index contributed by atoms with van der Waals surface area (Å²) in [6.45, 7) is 1.80. The highest BCUT2D eigenvalue weighted by molar-refractivity contribution is 6.13. The van der Waals surface area contributed by atoms with Crippen molar-refractivity contribution in [2.45, 2.75) is 6.92 Å². The van der Waals surface area contributed by atoms with Crippen molar-refractivity contribution in [3.8, 4) is 0 Å². The predicted octanol–water partition coefficient (Wildman–Crippen LogP) is 2.33. The smallest absolute Gasteiger partial charge is 0.262 e. The van der Waals surface area contributed by atoms with Crippen LogP contribution in [-0.2, 0) is 0 Å². The van der Waals surface area contributed by atoms with Crippen LogP contribution in [0.15, 0.2) is 71.0 Å². The minimum Gasteiger partial charge on any atom is -0.369 e. The van der Waals surface area contributed by atoms with Crippen molar-refractivity contribution in [2.75, 3.05) is 0 Å². The number of para-hydroxylation sites is 1. The van der Waals surface area contributed by atoms with Gasteiger partial charge < -0.3 is 11.5 Å². The van der Waals surface area contributed by atoms with Crippen LogP contribution in [0.4, 0.5) is 0 Å². The van der Waals surface area contributed by atoms with E-state index in [1.807, 2.05) is 42.5 Å². The lowest BCUT2D eigenvalue weighted by atomic mass is 10.1. The summed E-state index contributed by atoms with van der Waals surface area (Å²) >= 11 is 0. The summed E-state index contributed by atoms with van der Waals surface area (Å²) in [4.78, 5) is 12.8. The highest BCUT2D eigenvalue weighted by Gasteiger charge is 2.16. The molecule has 6 nitrogen and oxygen atoms in total. The zero-order valence-electron chi connectivity index (χ0n) is 13.2. The third-order valence-electron chi connectivity index (χ3n) is 3.66. The lowest BCUT2D eigenvalue weighted by molar-refractivity contribution is 0.0965. The molecular formula is C18H17N5O. The molecule has 1 aromatic heterocycles. The molecular weight excluding hydrogens is 302 g/mol. The number of rotatable bonds is 3. The van der Waals surface area contributed by atoms with Crippen LogP contribution in [0, 0.1) is 0 Å². The second-order valence-corrected chi connectivity index (χ2v) is 5.31. The summed E-state index contributed by atoms with van der Waals surface area (Å²) in [7, 11) is 0. The third kappa shape index (κ3) is 2.89. The van der Waals surface area contributed by atoms with Crippen LogP contribution in [0.5, 0.6) is 0 Å². The summed E-state index contributed by atoms with van der Waals surface area (Å²) in [6, 6.07) is 16.8. The second kappa shape index (κ2) is 6.37. The van der Waals surface area contributed by atoms with Crippen LogP contribution in [0.3, 0.4) is 0 Å². The van der Waals surface area contributed by atoms with Crippen molar-refractivity contribution in [1.82, 2.24) is 4.57 Å². The molecule has 24 heavy (non-hydrogen) atoms. The topological polar surface area (TPSA) is 98.8 Å². The van der Waals surface area contributed by atoms with Gasteiger partial charge in [-0.2, -0.15) is 5.10 Å². The Morgan fingerprint density at radius 2 is 1.62 bits per heavy atom. The average molecular weight is 319 g/mol. The maximum atomic E-state index is 12.8. The van der Waals surface area contributed by atoms with Crippen molar-refractivity contribution in [3.63, 3.8) is 0 Å². The molecule has 120 valence electrons. The number of carbonyl (C=O) groups excluding carboxylic acids is 1. The van der Waals surface area contributed by atoms with Crippen LogP contribution in [-0.4, -0.2) is 22.1 Å². The Kier molecular flexibility index (Phi) is 4.11. The lowest BCUT2D eigenvalue weighted by Gasteiger charge is -2.03. The maximum Gasteiger partial charge on any atom is 0.262 e. The Balaban J connectivity index is 2.16. The van der Waals surface area contributed by atoms with Gasteiger partial charge in [0.1, 0.15) is 0 Å². The van der Waals surface area contributed by atoms with Gasteiger partial charge >= 0.3 is 0 Å². The molecule has 1 heterocycles. The number of carbonyl (C=O) groups is 1. The molecule has 6 heteroatoms. The normalized spacial score (nSPS) is 11.5. The average Bonchev–Trinajstić information content (AvgIpc) is 2.99. The van der Waals surface area contributed by atoms with Crippen molar-refractivity contribution in [2.24, 2.45) is 21.7 Å². The number of guanidine groups is 1. The Labute approximate surface area is 139 Å². The van der Waals surface area contributed by atoms with E-state index in [0.717, 1.165) is 16.5 Å². The molecule has 0 aliphatic heterocycles. The molecule has 0 saturated heterocycles. The number of hydrogen-bond donors (Lipinski definition) is 2. The van der Waals surface area contributed by atoms with Crippen LogP contribution in [0.25, 0.3) is 10.9 Å². The van der Waals surface area contributed by atoms with Gasteiger partial charge in [-0.25, -0.2) is 0 Å². The number of benzene rings is 2. The van der Waals surface area contributed by atoms with E-state index in [2.05, 4.69) is 10.2 Å². The van der Waals surface area contributed by atoms with Gasteiger partial charge in [0.15, 0.2) is 0 Å². The summed E-state index contributed by atoms with van der Waals surface area (Å²) in [5.41, 5.74) is 13.5. The lowest BCUT2D eigenvalue weighted by Crippen LogP contribution is -2.22. The van der Waals surface area contributed by atoms with Gasteiger partial charge in [-0.3, -0.25) is 9.36 Å². The molecule has 3 rings (SSSR count). The third-order valence-corrected chi connectivity index (χ3v) is 3.66. The minimum absolute atomic E-state index is 0.104. The fourth-order valence-corrected chi connectivity index (χ4v) is 2.54. The van der Waals surface area contributed by atoms with Gasteiger partial charge in [0.2, 0.25) is 5.96 Å². The summed E-state index contributed by atoms with van der Waals surface area (Å²) in [5, 5.41) is 8.62. The molecule has 2 aromatic carbocycles. The zero-order valence-corrected chi connectivity index (χ0v) is 13.2. The van der Waals surface area contributed by atoms with Crippen molar-refractivity contribution >= 4 is 28.5 Å². The number of hydrogen-bond acceptors (Lipinski definition) is 3. The van der Waals surface area contributed by atoms with Crippen molar-refractivity contribution < 1.29 is 4.79 Å². The largest absolute Gasteiger partial charge is 0.369 e. The number of aromatic nitrogens is 1. The first-order valence-corrected chi connectivity index (χ1v) is 7.41. The van der Waals surface area contributed by atoms with E-state index in [1.54, 1.807) is 29.8 Å². The fraction of sp³-hybridized carbons (Fsp3) is 0.0556. The number of nitrogens with zero attached hydrogens (tertiary/aromatic N) is 3.